The van der Waals surface area contributed by atoms with E-state index in [1.54, 1.807) is 31.4 Å². The van der Waals surface area contributed by atoms with Crippen molar-refractivity contribution in [3.05, 3.63) is 48.6 Å². The number of ether oxygens (including phenoxy) is 5. The van der Waals surface area contributed by atoms with E-state index in [2.05, 4.69) is 11.9 Å². The third-order valence-corrected chi connectivity index (χ3v) is 5.14. The number of benzene rings is 1. The van der Waals surface area contributed by atoms with Crippen molar-refractivity contribution in [2.45, 2.75) is 31.5 Å². The van der Waals surface area contributed by atoms with Crippen LogP contribution in [0.3, 0.4) is 0 Å². The number of nitrogens with zero attached hydrogens (tertiary/aromatic N) is 1. The number of carbonyl (C=O) groups is 3. The highest BCUT2D eigenvalue weighted by Gasteiger charge is 2.48. The zero-order valence-electron chi connectivity index (χ0n) is 18.7. The zero-order chi connectivity index (χ0) is 23.8. The molecule has 33 heavy (non-hydrogen) atoms. The fraction of sp³-hybridized carbons (Fsp3) is 0.435. The SMILES string of the molecule is C=CCOC(=O)N[C@H]1c2cc(OCOCCOC)ccc2N2C(=O)C=CC[C@H](OC(C)=O)[C@H]12. The smallest absolute Gasteiger partial charge is 0.408 e. The number of amides is 2. The predicted molar refractivity (Wildman–Crippen MR) is 118 cm³/mol. The van der Waals surface area contributed by atoms with E-state index in [1.165, 1.54) is 24.0 Å². The quantitative estimate of drug-likeness (QED) is 0.245. The van der Waals surface area contributed by atoms with Crippen molar-refractivity contribution < 1.29 is 38.1 Å². The number of hydrogen-bond acceptors (Lipinski definition) is 8. The first-order valence-corrected chi connectivity index (χ1v) is 10.5. The van der Waals surface area contributed by atoms with Gasteiger partial charge in [-0.3, -0.25) is 14.5 Å². The average Bonchev–Trinajstić information content (AvgIpc) is 3.00. The maximum Gasteiger partial charge on any atom is 0.408 e. The molecule has 1 N–H and O–H groups in total. The molecule has 1 aromatic carbocycles. The lowest BCUT2D eigenvalue weighted by atomic mass is 9.97. The van der Waals surface area contributed by atoms with Crippen molar-refractivity contribution in [1.29, 1.82) is 0 Å². The molecule has 0 spiro atoms. The lowest BCUT2D eigenvalue weighted by Crippen LogP contribution is -2.50. The Morgan fingerprint density at radius 2 is 2.12 bits per heavy atom. The molecule has 2 aliphatic heterocycles. The second-order valence-corrected chi connectivity index (χ2v) is 7.38. The van der Waals surface area contributed by atoms with Crippen molar-refractivity contribution >= 4 is 23.7 Å². The average molecular weight is 460 g/mol. The highest BCUT2D eigenvalue weighted by Crippen LogP contribution is 2.45. The molecule has 2 aliphatic rings. The number of rotatable bonds is 10. The fourth-order valence-corrected chi connectivity index (χ4v) is 3.86. The van der Waals surface area contributed by atoms with Gasteiger partial charge in [0.1, 0.15) is 18.5 Å². The van der Waals surface area contributed by atoms with Crippen molar-refractivity contribution in [3.63, 3.8) is 0 Å². The molecule has 0 bridgehead atoms. The Bertz CT molecular complexity index is 916. The molecule has 0 radical (unpaired) electrons. The van der Waals surface area contributed by atoms with E-state index in [9.17, 15) is 14.4 Å². The van der Waals surface area contributed by atoms with Crippen LogP contribution >= 0.6 is 0 Å². The van der Waals surface area contributed by atoms with Gasteiger partial charge >= 0.3 is 12.1 Å². The summed E-state index contributed by atoms with van der Waals surface area (Å²) in [7, 11) is 1.58. The molecule has 178 valence electrons. The van der Waals surface area contributed by atoms with E-state index < -0.39 is 30.3 Å². The van der Waals surface area contributed by atoms with E-state index in [-0.39, 0.29) is 19.3 Å². The van der Waals surface area contributed by atoms with E-state index in [0.717, 1.165) is 0 Å². The normalized spacial score (nSPS) is 21.0. The molecule has 2 heterocycles. The molecule has 2 amide bonds. The lowest BCUT2D eigenvalue weighted by Gasteiger charge is -2.32. The first-order valence-electron chi connectivity index (χ1n) is 10.5. The van der Waals surface area contributed by atoms with E-state index in [0.29, 0.717) is 36.6 Å². The minimum Gasteiger partial charge on any atom is -0.468 e. The van der Waals surface area contributed by atoms with Crippen molar-refractivity contribution in [1.82, 2.24) is 5.32 Å². The van der Waals surface area contributed by atoms with Gasteiger partial charge in [0, 0.05) is 26.0 Å². The topological polar surface area (TPSA) is 113 Å². The van der Waals surface area contributed by atoms with Crippen LogP contribution in [0.1, 0.15) is 24.9 Å². The second kappa shape index (κ2) is 11.5. The van der Waals surface area contributed by atoms with Crippen LogP contribution in [0, 0.1) is 0 Å². The third-order valence-electron chi connectivity index (χ3n) is 5.14. The van der Waals surface area contributed by atoms with Gasteiger partial charge < -0.3 is 29.0 Å². The Hall–Kier alpha value is -3.37. The van der Waals surface area contributed by atoms with Gasteiger partial charge in [-0.15, -0.1) is 0 Å². The van der Waals surface area contributed by atoms with Gasteiger partial charge in [-0.2, -0.15) is 0 Å². The Kier molecular flexibility index (Phi) is 8.45. The number of esters is 1. The van der Waals surface area contributed by atoms with Gasteiger partial charge in [0.2, 0.25) is 0 Å². The van der Waals surface area contributed by atoms with Crippen LogP contribution in [0.5, 0.6) is 5.75 Å². The van der Waals surface area contributed by atoms with Crippen LogP contribution in [-0.2, 0) is 28.5 Å². The molecule has 0 aromatic heterocycles. The Labute approximate surface area is 192 Å². The molecule has 3 rings (SSSR count). The largest absolute Gasteiger partial charge is 0.468 e. The number of carbonyl (C=O) groups excluding carboxylic acids is 3. The molecule has 10 nitrogen and oxygen atoms in total. The number of hydrogen-bond donors (Lipinski definition) is 1. The lowest BCUT2D eigenvalue weighted by molar-refractivity contribution is -0.147. The van der Waals surface area contributed by atoms with Crippen LogP contribution in [-0.4, -0.2) is 63.8 Å². The van der Waals surface area contributed by atoms with Crippen LogP contribution in [0.2, 0.25) is 0 Å². The van der Waals surface area contributed by atoms with E-state index in [4.69, 9.17) is 23.7 Å². The summed E-state index contributed by atoms with van der Waals surface area (Å²) >= 11 is 0. The molecule has 0 unspecified atom stereocenters. The van der Waals surface area contributed by atoms with Gasteiger partial charge in [-0.1, -0.05) is 18.7 Å². The van der Waals surface area contributed by atoms with Crippen LogP contribution < -0.4 is 15.0 Å². The fourth-order valence-electron chi connectivity index (χ4n) is 3.86. The molecule has 0 fully saturated rings. The second-order valence-electron chi connectivity index (χ2n) is 7.38. The minimum absolute atomic E-state index is 0.00645. The Balaban J connectivity index is 1.92. The Morgan fingerprint density at radius 1 is 1.30 bits per heavy atom. The third kappa shape index (κ3) is 5.91. The molecular formula is C23H28N2O8. The van der Waals surface area contributed by atoms with Gasteiger partial charge in [0.15, 0.2) is 6.79 Å². The summed E-state index contributed by atoms with van der Waals surface area (Å²) in [5.74, 6) is -0.276. The summed E-state index contributed by atoms with van der Waals surface area (Å²) in [6.45, 7) is 5.68. The summed E-state index contributed by atoms with van der Waals surface area (Å²) in [6.07, 6.45) is 3.50. The van der Waals surface area contributed by atoms with Crippen molar-refractivity contribution in [3.8, 4) is 5.75 Å². The van der Waals surface area contributed by atoms with Crippen molar-refractivity contribution in [2.75, 3.05) is 38.6 Å². The van der Waals surface area contributed by atoms with Crippen LogP contribution in [0.4, 0.5) is 10.5 Å². The number of methoxy groups -OCH3 is 1. The Morgan fingerprint density at radius 3 is 2.85 bits per heavy atom. The first kappa shape index (κ1) is 24.3. The van der Waals surface area contributed by atoms with Gasteiger partial charge in [-0.05, 0) is 24.3 Å². The van der Waals surface area contributed by atoms with Gasteiger partial charge in [0.05, 0.1) is 31.0 Å². The summed E-state index contributed by atoms with van der Waals surface area (Å²) in [4.78, 5) is 38.7. The molecule has 0 saturated heterocycles. The van der Waals surface area contributed by atoms with Gasteiger partial charge in [0.25, 0.3) is 5.91 Å². The van der Waals surface area contributed by atoms with Gasteiger partial charge in [-0.25, -0.2) is 4.79 Å². The summed E-state index contributed by atoms with van der Waals surface area (Å²) in [5, 5.41) is 2.81. The number of nitrogens with one attached hydrogen (secondary N) is 1. The molecule has 1 aromatic rings. The maximum absolute atomic E-state index is 12.9. The number of fused-ring (bicyclic) bond motifs is 3. The monoisotopic (exact) mass is 460 g/mol. The van der Waals surface area contributed by atoms with E-state index >= 15 is 0 Å². The summed E-state index contributed by atoms with van der Waals surface area (Å²) < 4.78 is 26.6. The highest BCUT2D eigenvalue weighted by atomic mass is 16.7. The molecule has 0 aliphatic carbocycles. The highest BCUT2D eigenvalue weighted by molar-refractivity contribution is 6.04. The first-order chi connectivity index (χ1) is 16.0. The molecule has 10 heteroatoms. The minimum atomic E-state index is -0.705. The summed E-state index contributed by atoms with van der Waals surface area (Å²) in [6, 6.07) is 3.78. The zero-order valence-corrected chi connectivity index (χ0v) is 18.7. The van der Waals surface area contributed by atoms with E-state index in [1.807, 2.05) is 0 Å². The number of anilines is 1. The molecule has 3 atom stereocenters. The van der Waals surface area contributed by atoms with Crippen LogP contribution in [0.15, 0.2) is 43.0 Å². The standard InChI is InChI=1S/C23H28N2O8/c1-4-10-31-23(28)24-21-17-13-16(32-14-30-12-11-29-3)8-9-18(17)25-20(27)7-5-6-19(22(21)25)33-15(2)26/h4-5,7-9,13,19,21-22H,1,6,10-12,14H2,2-3H3,(H,24,28)/t19-,21-,22+/m0/s1. The molecule has 0 saturated carbocycles. The number of alkyl carbamates (subject to hydrolysis) is 1. The van der Waals surface area contributed by atoms with Crippen molar-refractivity contribution in [2.24, 2.45) is 0 Å². The van der Waals surface area contributed by atoms with Crippen LogP contribution in [0.25, 0.3) is 0 Å². The molecular weight excluding hydrogens is 432 g/mol. The summed E-state index contributed by atoms with van der Waals surface area (Å²) in [5.41, 5.74) is 1.21. The maximum atomic E-state index is 12.9. The predicted octanol–water partition coefficient (Wildman–Crippen LogP) is 2.25.